The Hall–Kier alpha value is -0.0800. The van der Waals surface area contributed by atoms with E-state index in [1.807, 2.05) is 0 Å². The van der Waals surface area contributed by atoms with Crippen LogP contribution < -0.4 is 0 Å². The molecule has 0 N–H and O–H groups in total. The van der Waals surface area contributed by atoms with Crippen molar-refractivity contribution in [2.75, 3.05) is 26.2 Å². The predicted molar refractivity (Wildman–Crippen MR) is 49.2 cm³/mol. The van der Waals surface area contributed by atoms with Gasteiger partial charge in [0, 0.05) is 13.1 Å². The van der Waals surface area contributed by atoms with Crippen LogP contribution in [-0.4, -0.2) is 37.2 Å². The molecule has 0 aromatic carbocycles. The van der Waals surface area contributed by atoms with Crippen molar-refractivity contribution in [3.8, 4) is 0 Å². The summed E-state index contributed by atoms with van der Waals surface area (Å²) in [7, 11) is 0. The van der Waals surface area contributed by atoms with Gasteiger partial charge in [0.05, 0.1) is 12.7 Å². The van der Waals surface area contributed by atoms with Gasteiger partial charge in [-0.15, -0.1) is 0 Å². The van der Waals surface area contributed by atoms with Crippen molar-refractivity contribution < 1.29 is 4.74 Å². The molecule has 70 valence electrons. The SMILES string of the molecule is CCN(CC1CCC1)CC1CO1. The monoisotopic (exact) mass is 169 g/mol. The molecule has 0 aromatic rings. The Morgan fingerprint density at radius 3 is 2.50 bits per heavy atom. The molecule has 0 radical (unpaired) electrons. The summed E-state index contributed by atoms with van der Waals surface area (Å²) in [6, 6.07) is 0. The smallest absolute Gasteiger partial charge is 0.0936 e. The van der Waals surface area contributed by atoms with Crippen LogP contribution in [0.4, 0.5) is 0 Å². The van der Waals surface area contributed by atoms with Crippen LogP contribution in [-0.2, 0) is 4.74 Å². The maximum atomic E-state index is 5.23. The molecule has 1 atom stereocenters. The molecule has 1 unspecified atom stereocenters. The van der Waals surface area contributed by atoms with E-state index in [4.69, 9.17) is 4.74 Å². The molecule has 0 amide bonds. The Morgan fingerprint density at radius 2 is 2.08 bits per heavy atom. The molecule has 0 aromatic heterocycles. The van der Waals surface area contributed by atoms with Crippen molar-refractivity contribution in [2.45, 2.75) is 32.3 Å². The van der Waals surface area contributed by atoms with Crippen molar-refractivity contribution in [1.82, 2.24) is 4.90 Å². The van der Waals surface area contributed by atoms with Gasteiger partial charge in [-0.05, 0) is 25.3 Å². The van der Waals surface area contributed by atoms with Crippen molar-refractivity contribution in [3.63, 3.8) is 0 Å². The van der Waals surface area contributed by atoms with Gasteiger partial charge in [0.1, 0.15) is 0 Å². The average molecular weight is 169 g/mol. The maximum absolute atomic E-state index is 5.23. The Bertz CT molecular complexity index is 141. The van der Waals surface area contributed by atoms with Crippen LogP contribution in [0.15, 0.2) is 0 Å². The molecular weight excluding hydrogens is 150 g/mol. The second-order valence-electron chi connectivity index (χ2n) is 4.10. The van der Waals surface area contributed by atoms with Crippen molar-refractivity contribution in [3.05, 3.63) is 0 Å². The fourth-order valence-corrected chi connectivity index (χ4v) is 1.83. The number of hydrogen-bond donors (Lipinski definition) is 0. The minimum Gasteiger partial charge on any atom is -0.372 e. The summed E-state index contributed by atoms with van der Waals surface area (Å²) in [6.45, 7) is 6.93. The summed E-state index contributed by atoms with van der Waals surface area (Å²) in [6.07, 6.45) is 4.96. The first kappa shape index (κ1) is 8.52. The van der Waals surface area contributed by atoms with Crippen molar-refractivity contribution in [1.29, 1.82) is 0 Å². The normalized spacial score (nSPS) is 29.0. The zero-order valence-corrected chi connectivity index (χ0v) is 7.96. The molecule has 1 heterocycles. The largest absolute Gasteiger partial charge is 0.372 e. The van der Waals surface area contributed by atoms with Crippen molar-refractivity contribution >= 4 is 0 Å². The Morgan fingerprint density at radius 1 is 1.33 bits per heavy atom. The zero-order chi connectivity index (χ0) is 8.39. The van der Waals surface area contributed by atoms with Crippen LogP contribution in [0.3, 0.4) is 0 Å². The first-order valence-electron chi connectivity index (χ1n) is 5.22. The van der Waals surface area contributed by atoms with E-state index in [2.05, 4.69) is 11.8 Å². The van der Waals surface area contributed by atoms with E-state index in [1.54, 1.807) is 0 Å². The Balaban J connectivity index is 1.65. The molecule has 2 rings (SSSR count). The van der Waals surface area contributed by atoms with E-state index in [1.165, 1.54) is 38.9 Å². The lowest BCUT2D eigenvalue weighted by Gasteiger charge is -2.31. The van der Waals surface area contributed by atoms with Gasteiger partial charge in [0.15, 0.2) is 0 Å². The van der Waals surface area contributed by atoms with Crippen LogP contribution in [0.5, 0.6) is 0 Å². The van der Waals surface area contributed by atoms with Crippen LogP contribution >= 0.6 is 0 Å². The van der Waals surface area contributed by atoms with E-state index in [-0.39, 0.29) is 0 Å². The van der Waals surface area contributed by atoms with Crippen LogP contribution in [0, 0.1) is 5.92 Å². The summed E-state index contributed by atoms with van der Waals surface area (Å²) in [4.78, 5) is 2.54. The number of ether oxygens (including phenoxy) is 1. The predicted octanol–water partition coefficient (Wildman–Crippen LogP) is 1.51. The standard InChI is InChI=1S/C10H19NO/c1-2-11(7-10-8-12-10)6-9-4-3-5-9/h9-10H,2-8H2,1H3. The maximum Gasteiger partial charge on any atom is 0.0936 e. The van der Waals surface area contributed by atoms with Crippen molar-refractivity contribution in [2.24, 2.45) is 5.92 Å². The van der Waals surface area contributed by atoms with Gasteiger partial charge < -0.3 is 9.64 Å². The fraction of sp³-hybridized carbons (Fsp3) is 1.00. The van der Waals surface area contributed by atoms with Gasteiger partial charge >= 0.3 is 0 Å². The molecule has 0 spiro atoms. The molecule has 2 fully saturated rings. The summed E-state index contributed by atoms with van der Waals surface area (Å²) >= 11 is 0. The zero-order valence-electron chi connectivity index (χ0n) is 7.96. The molecular formula is C10H19NO. The number of nitrogens with zero attached hydrogens (tertiary/aromatic N) is 1. The third-order valence-corrected chi connectivity index (χ3v) is 3.05. The van der Waals surface area contributed by atoms with E-state index < -0.39 is 0 Å². The van der Waals surface area contributed by atoms with E-state index in [0.717, 1.165) is 12.5 Å². The lowest BCUT2D eigenvalue weighted by molar-refractivity contribution is 0.172. The second kappa shape index (κ2) is 3.75. The topological polar surface area (TPSA) is 15.8 Å². The highest BCUT2D eigenvalue weighted by molar-refractivity contribution is 4.78. The van der Waals surface area contributed by atoms with Gasteiger partial charge in [-0.2, -0.15) is 0 Å². The molecule has 1 aliphatic carbocycles. The number of epoxide rings is 1. The third-order valence-electron chi connectivity index (χ3n) is 3.05. The van der Waals surface area contributed by atoms with Gasteiger partial charge in [0.25, 0.3) is 0 Å². The highest BCUT2D eigenvalue weighted by Gasteiger charge is 2.27. The molecule has 0 bridgehead atoms. The lowest BCUT2D eigenvalue weighted by Crippen LogP contribution is -2.35. The van der Waals surface area contributed by atoms with Crippen LogP contribution in [0.1, 0.15) is 26.2 Å². The fourth-order valence-electron chi connectivity index (χ4n) is 1.83. The molecule has 2 nitrogen and oxygen atoms in total. The molecule has 1 saturated heterocycles. The minimum atomic E-state index is 0.574. The summed E-state index contributed by atoms with van der Waals surface area (Å²) < 4.78 is 5.23. The summed E-state index contributed by atoms with van der Waals surface area (Å²) in [5.74, 6) is 1.00. The van der Waals surface area contributed by atoms with Crippen LogP contribution in [0.2, 0.25) is 0 Å². The van der Waals surface area contributed by atoms with Gasteiger partial charge in [-0.25, -0.2) is 0 Å². The van der Waals surface area contributed by atoms with Crippen LogP contribution in [0.25, 0.3) is 0 Å². The van der Waals surface area contributed by atoms with E-state index in [9.17, 15) is 0 Å². The molecule has 2 heteroatoms. The Kier molecular flexibility index (Phi) is 2.66. The third kappa shape index (κ3) is 2.20. The highest BCUT2D eigenvalue weighted by atomic mass is 16.6. The Labute approximate surface area is 74.9 Å². The summed E-state index contributed by atoms with van der Waals surface area (Å²) in [5.41, 5.74) is 0. The first-order chi connectivity index (χ1) is 5.88. The van der Waals surface area contributed by atoms with E-state index in [0.29, 0.717) is 6.10 Å². The first-order valence-corrected chi connectivity index (χ1v) is 5.22. The molecule has 12 heavy (non-hydrogen) atoms. The molecule has 1 saturated carbocycles. The minimum absolute atomic E-state index is 0.574. The molecule has 1 aliphatic heterocycles. The number of hydrogen-bond acceptors (Lipinski definition) is 2. The number of likely N-dealkylation sites (N-methyl/N-ethyl adjacent to an activating group) is 1. The van der Waals surface area contributed by atoms with Gasteiger partial charge in [0.2, 0.25) is 0 Å². The second-order valence-corrected chi connectivity index (χ2v) is 4.10. The average Bonchev–Trinajstić information content (AvgIpc) is 2.77. The molecule has 2 aliphatic rings. The van der Waals surface area contributed by atoms with E-state index >= 15 is 0 Å². The summed E-state index contributed by atoms with van der Waals surface area (Å²) in [5, 5.41) is 0. The quantitative estimate of drug-likeness (QED) is 0.580. The van der Waals surface area contributed by atoms with Gasteiger partial charge in [-0.1, -0.05) is 13.3 Å². The number of rotatable bonds is 5. The lowest BCUT2D eigenvalue weighted by atomic mass is 9.85. The highest BCUT2D eigenvalue weighted by Crippen LogP contribution is 2.27. The van der Waals surface area contributed by atoms with Gasteiger partial charge in [-0.3, -0.25) is 0 Å².